The molecule has 26 heavy (non-hydrogen) atoms. The molecule has 142 valence electrons. The summed E-state index contributed by atoms with van der Waals surface area (Å²) >= 11 is 0. The Hall–Kier alpha value is -3.24. The topological polar surface area (TPSA) is 165 Å². The first-order chi connectivity index (χ1) is 12.0. The third kappa shape index (κ3) is 4.88. The number of carbonyl (C=O) groups excluding carboxylic acids is 1. The van der Waals surface area contributed by atoms with Crippen molar-refractivity contribution in [2.45, 2.75) is 39.8 Å². The summed E-state index contributed by atoms with van der Waals surface area (Å²) in [5.41, 5.74) is -1.97. The molecule has 1 aromatic rings. The summed E-state index contributed by atoms with van der Waals surface area (Å²) in [5, 5.41) is 36.6. The van der Waals surface area contributed by atoms with Gasteiger partial charge in [-0.05, 0) is 19.8 Å². The number of amides is 1. The Morgan fingerprint density at radius 3 is 1.81 bits per heavy atom. The van der Waals surface area contributed by atoms with E-state index in [2.05, 4.69) is 10.6 Å². The highest BCUT2D eigenvalue weighted by atomic mass is 16.6. The fourth-order valence-corrected chi connectivity index (χ4v) is 2.21. The number of carboxylic acids is 1. The van der Waals surface area contributed by atoms with Crippen LogP contribution in [0.4, 0.5) is 17.1 Å². The maximum atomic E-state index is 12.3. The predicted molar refractivity (Wildman–Crippen MR) is 92.2 cm³/mol. The molecule has 0 heterocycles. The van der Waals surface area contributed by atoms with E-state index in [1.54, 1.807) is 27.7 Å². The Bertz CT molecular complexity index is 711. The molecule has 3 N–H and O–H groups in total. The quantitative estimate of drug-likeness (QED) is 0.464. The van der Waals surface area contributed by atoms with Crippen molar-refractivity contribution >= 4 is 28.9 Å². The number of nitrogens with zero attached hydrogens (tertiary/aromatic N) is 2. The third-order valence-electron chi connectivity index (χ3n) is 3.40. The van der Waals surface area contributed by atoms with Crippen LogP contribution in [0.2, 0.25) is 0 Å². The number of carbonyl (C=O) groups is 2. The number of benzene rings is 1. The first-order valence-electron chi connectivity index (χ1n) is 7.72. The molecule has 0 radical (unpaired) electrons. The summed E-state index contributed by atoms with van der Waals surface area (Å²) in [6, 6.07) is 0.192. The maximum Gasteiger partial charge on any atom is 0.326 e. The van der Waals surface area contributed by atoms with Crippen LogP contribution in [0.15, 0.2) is 12.1 Å². The second-order valence-corrected chi connectivity index (χ2v) is 6.24. The Morgan fingerprint density at radius 2 is 1.50 bits per heavy atom. The van der Waals surface area contributed by atoms with E-state index in [9.17, 15) is 29.8 Å². The van der Waals surface area contributed by atoms with Gasteiger partial charge in [-0.3, -0.25) is 25.0 Å². The summed E-state index contributed by atoms with van der Waals surface area (Å²) in [7, 11) is 0. The Labute approximate surface area is 148 Å². The molecular weight excluding hydrogens is 348 g/mol. The number of nitrogens with one attached hydrogen (secondary N) is 2. The third-order valence-corrected chi connectivity index (χ3v) is 3.40. The number of rotatable bonds is 8. The molecule has 0 fully saturated rings. The van der Waals surface area contributed by atoms with Gasteiger partial charge in [-0.15, -0.1) is 0 Å². The second-order valence-electron chi connectivity index (χ2n) is 6.24. The molecule has 1 aromatic carbocycles. The molecule has 1 unspecified atom stereocenters. The van der Waals surface area contributed by atoms with Gasteiger partial charge in [0.1, 0.15) is 6.04 Å². The van der Waals surface area contributed by atoms with Crippen LogP contribution >= 0.6 is 0 Å². The van der Waals surface area contributed by atoms with E-state index >= 15 is 0 Å². The van der Waals surface area contributed by atoms with Crippen molar-refractivity contribution in [1.29, 1.82) is 0 Å². The lowest BCUT2D eigenvalue weighted by Gasteiger charge is -2.18. The molecule has 0 saturated heterocycles. The lowest BCUT2D eigenvalue weighted by molar-refractivity contribution is -0.392. The van der Waals surface area contributed by atoms with Gasteiger partial charge >= 0.3 is 5.97 Å². The Balaban J connectivity index is 3.45. The maximum absolute atomic E-state index is 12.3. The van der Waals surface area contributed by atoms with Crippen molar-refractivity contribution < 1.29 is 24.5 Å². The molecule has 0 saturated carbocycles. The van der Waals surface area contributed by atoms with E-state index < -0.39 is 45.1 Å². The number of aliphatic carboxylic acids is 1. The number of hydrogen-bond donors (Lipinski definition) is 3. The first kappa shape index (κ1) is 20.8. The molecule has 11 heteroatoms. The van der Waals surface area contributed by atoms with Gasteiger partial charge < -0.3 is 15.7 Å². The number of hydrogen-bond acceptors (Lipinski definition) is 7. The number of nitro benzene ring substituents is 2. The SMILES string of the molecule is CC(C)Nc1c([N+](=O)[O-])cc(C(=O)NC(C(=O)O)C(C)C)cc1[N+](=O)[O-]. The summed E-state index contributed by atoms with van der Waals surface area (Å²) < 4.78 is 0. The zero-order valence-corrected chi connectivity index (χ0v) is 14.7. The standard InChI is InChI=1S/C15H20N4O7/c1-7(2)12(15(21)22)17-14(20)9-5-10(18(23)24)13(16-8(3)4)11(6-9)19(25)26/h5-8,12,16H,1-4H3,(H,17,20)(H,21,22). The highest BCUT2D eigenvalue weighted by molar-refractivity contribution is 5.99. The molecule has 0 bridgehead atoms. The van der Waals surface area contributed by atoms with E-state index in [0.29, 0.717) is 0 Å². The fraction of sp³-hybridized carbons (Fsp3) is 0.467. The number of nitro groups is 2. The van der Waals surface area contributed by atoms with Gasteiger partial charge in [-0.1, -0.05) is 13.8 Å². The molecule has 1 rings (SSSR count). The average molecular weight is 368 g/mol. The molecule has 1 amide bonds. The van der Waals surface area contributed by atoms with Gasteiger partial charge in [0.05, 0.1) is 15.4 Å². The average Bonchev–Trinajstić information content (AvgIpc) is 2.50. The minimum absolute atomic E-state index is 0.315. The van der Waals surface area contributed by atoms with Crippen molar-refractivity contribution in [2.75, 3.05) is 5.32 Å². The van der Waals surface area contributed by atoms with Crippen molar-refractivity contribution in [3.8, 4) is 0 Å². The number of carboxylic acid groups (broad SMARTS) is 1. The van der Waals surface area contributed by atoms with Crippen LogP contribution in [0.25, 0.3) is 0 Å². The molecule has 0 aliphatic rings. The van der Waals surface area contributed by atoms with Crippen molar-refractivity contribution in [3.63, 3.8) is 0 Å². The zero-order chi connectivity index (χ0) is 20.2. The van der Waals surface area contributed by atoms with Gasteiger partial charge in [-0.25, -0.2) is 4.79 Å². The van der Waals surface area contributed by atoms with Crippen molar-refractivity contribution in [2.24, 2.45) is 5.92 Å². The van der Waals surface area contributed by atoms with Crippen LogP contribution < -0.4 is 10.6 Å². The van der Waals surface area contributed by atoms with E-state index in [4.69, 9.17) is 5.11 Å². The Kier molecular flexibility index (Phi) is 6.58. The molecular formula is C15H20N4O7. The summed E-state index contributed by atoms with van der Waals surface area (Å²) in [6.45, 7) is 6.43. The minimum atomic E-state index is -1.28. The lowest BCUT2D eigenvalue weighted by Crippen LogP contribution is -2.44. The van der Waals surface area contributed by atoms with Gasteiger partial charge in [-0.2, -0.15) is 0 Å². The van der Waals surface area contributed by atoms with Gasteiger partial charge in [0.2, 0.25) is 0 Å². The minimum Gasteiger partial charge on any atom is -0.480 e. The van der Waals surface area contributed by atoms with Crippen LogP contribution in [0.1, 0.15) is 38.1 Å². The largest absolute Gasteiger partial charge is 0.480 e. The van der Waals surface area contributed by atoms with E-state index in [1.165, 1.54) is 0 Å². The highest BCUT2D eigenvalue weighted by Crippen LogP contribution is 2.36. The second kappa shape index (κ2) is 8.23. The van der Waals surface area contributed by atoms with Crippen LogP contribution in [-0.2, 0) is 4.79 Å². The molecule has 0 aromatic heterocycles. The fourth-order valence-electron chi connectivity index (χ4n) is 2.21. The van der Waals surface area contributed by atoms with E-state index in [-0.39, 0.29) is 17.3 Å². The highest BCUT2D eigenvalue weighted by Gasteiger charge is 2.31. The summed E-state index contributed by atoms with van der Waals surface area (Å²) in [4.78, 5) is 44.4. The van der Waals surface area contributed by atoms with E-state index in [0.717, 1.165) is 12.1 Å². The van der Waals surface area contributed by atoms with Crippen LogP contribution in [0.5, 0.6) is 0 Å². The molecule has 11 nitrogen and oxygen atoms in total. The lowest BCUT2D eigenvalue weighted by atomic mass is 10.0. The summed E-state index contributed by atoms with van der Waals surface area (Å²) in [5.74, 6) is -2.69. The number of anilines is 1. The molecule has 0 aliphatic heterocycles. The normalized spacial score (nSPS) is 11.9. The smallest absolute Gasteiger partial charge is 0.326 e. The van der Waals surface area contributed by atoms with Crippen LogP contribution in [0.3, 0.4) is 0 Å². The zero-order valence-electron chi connectivity index (χ0n) is 14.7. The van der Waals surface area contributed by atoms with Crippen LogP contribution in [-0.4, -0.2) is 38.9 Å². The summed E-state index contributed by atoms with van der Waals surface area (Å²) in [6.07, 6.45) is 0. The van der Waals surface area contributed by atoms with Gasteiger partial charge in [0, 0.05) is 18.2 Å². The van der Waals surface area contributed by atoms with E-state index in [1.807, 2.05) is 0 Å². The first-order valence-corrected chi connectivity index (χ1v) is 7.72. The molecule has 0 spiro atoms. The molecule has 1 atom stereocenters. The monoisotopic (exact) mass is 368 g/mol. The van der Waals surface area contributed by atoms with Crippen LogP contribution in [0, 0.1) is 26.1 Å². The van der Waals surface area contributed by atoms with Gasteiger partial charge in [0.25, 0.3) is 17.3 Å². The van der Waals surface area contributed by atoms with Crippen molar-refractivity contribution in [3.05, 3.63) is 37.9 Å². The predicted octanol–water partition coefficient (Wildman–Crippen LogP) is 2.16. The van der Waals surface area contributed by atoms with Gasteiger partial charge in [0.15, 0.2) is 5.69 Å². The molecule has 0 aliphatic carbocycles. The Morgan fingerprint density at radius 1 is 1.04 bits per heavy atom. The van der Waals surface area contributed by atoms with Crippen molar-refractivity contribution in [1.82, 2.24) is 5.32 Å².